The minimum absolute atomic E-state index is 0.774. The van der Waals surface area contributed by atoms with E-state index in [0.717, 1.165) is 18.0 Å². The number of hydrogen-bond acceptors (Lipinski definition) is 2. The number of likely N-dealkylation sites (N-methyl/N-ethyl adjacent to an activating group) is 1. The van der Waals surface area contributed by atoms with E-state index >= 15 is 0 Å². The molecule has 1 aliphatic carbocycles. The largest absolute Gasteiger partial charge is 0.310 e. The van der Waals surface area contributed by atoms with Gasteiger partial charge in [-0.1, -0.05) is 26.2 Å². The highest BCUT2D eigenvalue weighted by Gasteiger charge is 2.25. The summed E-state index contributed by atoms with van der Waals surface area (Å²) in [6.45, 7) is 4.88. The maximum absolute atomic E-state index is 3.87. The zero-order valence-corrected chi connectivity index (χ0v) is 10.3. The van der Waals surface area contributed by atoms with Gasteiger partial charge in [0.25, 0.3) is 0 Å². The Bertz CT molecular complexity index is 193. The Kier molecular flexibility index (Phi) is 4.04. The molecule has 0 aromatic carbocycles. The molecule has 0 amide bonds. The lowest BCUT2D eigenvalue weighted by Gasteiger charge is -2.31. The fraction of sp³-hybridized carbons (Fsp3) is 1.00. The van der Waals surface area contributed by atoms with Crippen LogP contribution < -0.4 is 5.32 Å². The molecule has 1 N–H and O–H groups in total. The quantitative estimate of drug-likeness (QED) is 0.768. The first-order chi connectivity index (χ1) is 7.28. The third-order valence-corrected chi connectivity index (χ3v) is 4.22. The molecule has 1 heterocycles. The second-order valence-corrected chi connectivity index (χ2v) is 5.55. The monoisotopic (exact) mass is 210 g/mol. The van der Waals surface area contributed by atoms with Crippen LogP contribution in [0.3, 0.4) is 0 Å². The van der Waals surface area contributed by atoms with Gasteiger partial charge in [0.05, 0.1) is 0 Å². The van der Waals surface area contributed by atoms with Crippen molar-refractivity contribution < 1.29 is 0 Å². The number of rotatable bonds is 3. The third kappa shape index (κ3) is 3.18. The van der Waals surface area contributed by atoms with Crippen molar-refractivity contribution in [3.63, 3.8) is 0 Å². The van der Waals surface area contributed by atoms with Crippen LogP contribution in [0.25, 0.3) is 0 Å². The van der Waals surface area contributed by atoms with Gasteiger partial charge in [-0.25, -0.2) is 0 Å². The second kappa shape index (κ2) is 5.31. The van der Waals surface area contributed by atoms with E-state index in [1.165, 1.54) is 51.6 Å². The Hall–Kier alpha value is -0.0800. The molecular weight excluding hydrogens is 184 g/mol. The normalized spacial score (nSPS) is 38.4. The molecule has 0 aromatic rings. The highest BCUT2D eigenvalue weighted by atomic mass is 15.2. The summed E-state index contributed by atoms with van der Waals surface area (Å²) in [5.74, 6) is 0.996. The van der Waals surface area contributed by atoms with E-state index in [-0.39, 0.29) is 0 Å². The molecule has 2 rings (SSSR count). The lowest BCUT2D eigenvalue weighted by atomic mass is 9.84. The zero-order chi connectivity index (χ0) is 10.7. The van der Waals surface area contributed by atoms with Gasteiger partial charge in [-0.2, -0.15) is 0 Å². The van der Waals surface area contributed by atoms with Gasteiger partial charge in [0.1, 0.15) is 0 Å². The highest BCUT2D eigenvalue weighted by Crippen LogP contribution is 2.27. The molecular formula is C13H26N2. The molecule has 3 unspecified atom stereocenters. The summed E-state index contributed by atoms with van der Waals surface area (Å²) in [5, 5.41) is 3.87. The molecule has 2 aliphatic rings. The first kappa shape index (κ1) is 11.4. The molecule has 0 bridgehead atoms. The van der Waals surface area contributed by atoms with Crippen molar-refractivity contribution in [3.05, 3.63) is 0 Å². The van der Waals surface area contributed by atoms with Crippen LogP contribution in [-0.2, 0) is 0 Å². The van der Waals surface area contributed by atoms with Crippen LogP contribution in [-0.4, -0.2) is 37.1 Å². The summed E-state index contributed by atoms with van der Waals surface area (Å²) in [6, 6.07) is 1.59. The fourth-order valence-corrected chi connectivity index (χ4v) is 3.22. The first-order valence-electron chi connectivity index (χ1n) is 6.72. The van der Waals surface area contributed by atoms with Gasteiger partial charge in [0.15, 0.2) is 0 Å². The van der Waals surface area contributed by atoms with E-state index in [9.17, 15) is 0 Å². The molecule has 88 valence electrons. The van der Waals surface area contributed by atoms with Crippen LogP contribution in [0.5, 0.6) is 0 Å². The third-order valence-electron chi connectivity index (χ3n) is 4.22. The van der Waals surface area contributed by atoms with E-state index < -0.39 is 0 Å². The summed E-state index contributed by atoms with van der Waals surface area (Å²) in [6.07, 6.45) is 8.48. The van der Waals surface area contributed by atoms with Crippen molar-refractivity contribution in [1.29, 1.82) is 0 Å². The molecule has 1 aliphatic heterocycles. The SMILES string of the molecule is CCC1CCCC(NC2CCN(C)C2)C1. The predicted octanol–water partition coefficient (Wildman–Crippen LogP) is 2.25. The topological polar surface area (TPSA) is 15.3 Å². The van der Waals surface area contributed by atoms with Gasteiger partial charge >= 0.3 is 0 Å². The van der Waals surface area contributed by atoms with Gasteiger partial charge in [0.2, 0.25) is 0 Å². The van der Waals surface area contributed by atoms with Gasteiger partial charge in [-0.15, -0.1) is 0 Å². The lowest BCUT2D eigenvalue weighted by molar-refractivity contribution is 0.260. The fourth-order valence-electron chi connectivity index (χ4n) is 3.22. The smallest absolute Gasteiger partial charge is 0.0209 e. The first-order valence-corrected chi connectivity index (χ1v) is 6.72. The van der Waals surface area contributed by atoms with Crippen molar-refractivity contribution in [3.8, 4) is 0 Å². The van der Waals surface area contributed by atoms with E-state index in [0.29, 0.717) is 0 Å². The van der Waals surface area contributed by atoms with Crippen molar-refractivity contribution in [1.82, 2.24) is 10.2 Å². The van der Waals surface area contributed by atoms with Crippen molar-refractivity contribution >= 4 is 0 Å². The Labute approximate surface area is 94.4 Å². The van der Waals surface area contributed by atoms with Gasteiger partial charge in [0, 0.05) is 18.6 Å². The van der Waals surface area contributed by atoms with Gasteiger partial charge in [-0.05, 0) is 38.8 Å². The van der Waals surface area contributed by atoms with Gasteiger partial charge < -0.3 is 10.2 Å². The summed E-state index contributed by atoms with van der Waals surface area (Å²) in [4.78, 5) is 2.44. The van der Waals surface area contributed by atoms with Gasteiger partial charge in [-0.3, -0.25) is 0 Å². The van der Waals surface area contributed by atoms with Crippen LogP contribution in [0.1, 0.15) is 45.4 Å². The second-order valence-electron chi connectivity index (χ2n) is 5.55. The standard InChI is InChI=1S/C13H26N2/c1-3-11-5-4-6-12(9-11)14-13-7-8-15(2)10-13/h11-14H,3-10H2,1-2H3. The molecule has 1 saturated carbocycles. The molecule has 0 aromatic heterocycles. The Morgan fingerprint density at radius 2 is 2.07 bits per heavy atom. The van der Waals surface area contributed by atoms with Crippen molar-refractivity contribution in [2.45, 2.75) is 57.5 Å². The van der Waals surface area contributed by atoms with Crippen LogP contribution in [0.15, 0.2) is 0 Å². The van der Waals surface area contributed by atoms with Crippen LogP contribution in [0, 0.1) is 5.92 Å². The Balaban J connectivity index is 1.74. The summed E-state index contributed by atoms with van der Waals surface area (Å²) < 4.78 is 0. The van der Waals surface area contributed by atoms with Crippen LogP contribution in [0.2, 0.25) is 0 Å². The highest BCUT2D eigenvalue weighted by molar-refractivity contribution is 4.85. The molecule has 2 heteroatoms. The summed E-state index contributed by atoms with van der Waals surface area (Å²) >= 11 is 0. The van der Waals surface area contributed by atoms with E-state index in [4.69, 9.17) is 0 Å². The molecule has 2 nitrogen and oxygen atoms in total. The van der Waals surface area contributed by atoms with Crippen molar-refractivity contribution in [2.24, 2.45) is 5.92 Å². The van der Waals surface area contributed by atoms with Crippen molar-refractivity contribution in [2.75, 3.05) is 20.1 Å². The average Bonchev–Trinajstić information content (AvgIpc) is 2.64. The maximum atomic E-state index is 3.87. The summed E-state index contributed by atoms with van der Waals surface area (Å²) in [5.41, 5.74) is 0. The molecule has 0 spiro atoms. The van der Waals surface area contributed by atoms with Crippen LogP contribution in [0.4, 0.5) is 0 Å². The molecule has 0 radical (unpaired) electrons. The maximum Gasteiger partial charge on any atom is 0.0209 e. The molecule has 2 fully saturated rings. The Morgan fingerprint density at radius 1 is 1.20 bits per heavy atom. The summed E-state index contributed by atoms with van der Waals surface area (Å²) in [7, 11) is 2.23. The number of nitrogens with zero attached hydrogens (tertiary/aromatic N) is 1. The Morgan fingerprint density at radius 3 is 2.73 bits per heavy atom. The minimum Gasteiger partial charge on any atom is -0.310 e. The average molecular weight is 210 g/mol. The predicted molar refractivity (Wildman–Crippen MR) is 65.1 cm³/mol. The minimum atomic E-state index is 0.774. The van der Waals surface area contributed by atoms with E-state index in [1.807, 2.05) is 0 Å². The van der Waals surface area contributed by atoms with Crippen LogP contribution >= 0.6 is 0 Å². The molecule has 1 saturated heterocycles. The zero-order valence-electron chi connectivity index (χ0n) is 10.3. The number of likely N-dealkylation sites (tertiary alicyclic amines) is 1. The van der Waals surface area contributed by atoms with E-state index in [1.54, 1.807) is 0 Å². The number of hydrogen-bond donors (Lipinski definition) is 1. The van der Waals surface area contributed by atoms with E-state index in [2.05, 4.69) is 24.2 Å². The molecule has 3 atom stereocenters. The molecule has 15 heavy (non-hydrogen) atoms. The number of nitrogens with one attached hydrogen (secondary N) is 1. The lowest BCUT2D eigenvalue weighted by Crippen LogP contribution is -2.42.